The van der Waals surface area contributed by atoms with Crippen molar-refractivity contribution in [1.82, 2.24) is 14.8 Å². The summed E-state index contributed by atoms with van der Waals surface area (Å²) in [6, 6.07) is 6.01. The van der Waals surface area contributed by atoms with Crippen molar-refractivity contribution < 1.29 is 14.3 Å². The lowest BCUT2D eigenvalue weighted by molar-refractivity contribution is 0.0470. The summed E-state index contributed by atoms with van der Waals surface area (Å²) >= 11 is 12.1. The molecule has 3 amide bonds. The largest absolute Gasteiger partial charge is 0.494 e. The molecule has 0 atom stereocenters. The minimum atomic E-state index is -0.478. The molecule has 0 radical (unpaired) electrons. The first kappa shape index (κ1) is 24.6. The summed E-state index contributed by atoms with van der Waals surface area (Å²) in [5, 5.41) is 6.37. The fourth-order valence-electron chi connectivity index (χ4n) is 4.92. The van der Waals surface area contributed by atoms with Crippen LogP contribution in [-0.4, -0.2) is 67.1 Å². The number of hydrogen-bond donors (Lipinski definition) is 2. The number of rotatable bonds is 4. The van der Waals surface area contributed by atoms with E-state index in [1.54, 1.807) is 23.1 Å². The van der Waals surface area contributed by atoms with Gasteiger partial charge in [0.1, 0.15) is 11.6 Å². The van der Waals surface area contributed by atoms with Crippen molar-refractivity contribution in [2.75, 3.05) is 51.0 Å². The third-order valence-corrected chi connectivity index (χ3v) is 7.14. The molecule has 0 unspecified atom stereocenters. The fraction of sp³-hybridized carbons (Fsp3) is 0.458. The molecule has 0 aliphatic carbocycles. The van der Waals surface area contributed by atoms with Gasteiger partial charge >= 0.3 is 6.03 Å². The monoisotopic (exact) mass is 505 g/mol. The Kier molecular flexibility index (Phi) is 7.50. The highest BCUT2D eigenvalue weighted by molar-refractivity contribution is 6.32. The minimum absolute atomic E-state index is 0.178. The molecule has 2 N–H and O–H groups in total. The van der Waals surface area contributed by atoms with E-state index in [9.17, 15) is 9.59 Å². The SMILES string of the molecule is COc1cc(Cl)cc(C(=O)Nc2ccc(Cl)cn2)c1NC(=O)N1CCC2(CCCN(C)C2)CC1. The number of benzene rings is 1. The van der Waals surface area contributed by atoms with Crippen LogP contribution in [0.4, 0.5) is 16.3 Å². The summed E-state index contributed by atoms with van der Waals surface area (Å²) in [5.74, 6) is 0.149. The number of carbonyl (C=O) groups is 2. The topological polar surface area (TPSA) is 86.8 Å². The first-order chi connectivity index (χ1) is 16.3. The Bertz CT molecular complexity index is 1060. The standard InChI is InChI=1S/C24H29Cl2N5O3/c1-30-9-3-6-24(15-30)7-10-31(11-8-24)23(33)29-21-18(12-17(26)13-19(21)34-2)22(32)28-20-5-4-16(25)14-27-20/h4-5,12-14H,3,6-11,15H2,1-2H3,(H,29,33)(H,27,28,32). The normalized spacial score (nSPS) is 17.9. The van der Waals surface area contributed by atoms with E-state index in [1.165, 1.54) is 32.2 Å². The number of halogens is 2. The average molecular weight is 506 g/mol. The van der Waals surface area contributed by atoms with Gasteiger partial charge in [0.2, 0.25) is 0 Å². The molecule has 0 saturated carbocycles. The minimum Gasteiger partial charge on any atom is -0.494 e. The number of hydrogen-bond acceptors (Lipinski definition) is 5. The van der Waals surface area contributed by atoms with Gasteiger partial charge in [-0.25, -0.2) is 9.78 Å². The second-order valence-electron chi connectivity index (χ2n) is 9.10. The van der Waals surface area contributed by atoms with Gasteiger partial charge in [0, 0.05) is 36.9 Å². The second-order valence-corrected chi connectivity index (χ2v) is 9.98. The number of pyridine rings is 1. The number of anilines is 2. The van der Waals surface area contributed by atoms with Gasteiger partial charge < -0.3 is 25.2 Å². The highest BCUT2D eigenvalue weighted by atomic mass is 35.5. The van der Waals surface area contributed by atoms with E-state index in [-0.39, 0.29) is 17.3 Å². The highest BCUT2D eigenvalue weighted by Gasteiger charge is 2.38. The van der Waals surface area contributed by atoms with Crippen molar-refractivity contribution in [3.63, 3.8) is 0 Å². The van der Waals surface area contributed by atoms with Crippen molar-refractivity contribution in [1.29, 1.82) is 0 Å². The average Bonchev–Trinajstić information content (AvgIpc) is 2.81. The molecule has 2 aliphatic heterocycles. The number of piperidine rings is 2. The van der Waals surface area contributed by atoms with Crippen molar-refractivity contribution >= 4 is 46.6 Å². The summed E-state index contributed by atoms with van der Waals surface area (Å²) < 4.78 is 5.44. The maximum Gasteiger partial charge on any atom is 0.321 e. The summed E-state index contributed by atoms with van der Waals surface area (Å²) in [4.78, 5) is 34.5. The number of aromatic nitrogens is 1. The number of nitrogens with zero attached hydrogens (tertiary/aromatic N) is 3. The maximum absolute atomic E-state index is 13.2. The molecule has 182 valence electrons. The van der Waals surface area contributed by atoms with Gasteiger partial charge in [0.05, 0.1) is 23.4 Å². The predicted molar refractivity (Wildman–Crippen MR) is 134 cm³/mol. The summed E-state index contributed by atoms with van der Waals surface area (Å²) in [7, 11) is 3.63. The number of urea groups is 1. The number of amides is 3. The highest BCUT2D eigenvalue weighted by Crippen LogP contribution is 2.40. The van der Waals surface area contributed by atoms with Crippen molar-refractivity contribution in [2.45, 2.75) is 25.7 Å². The van der Waals surface area contributed by atoms with Crippen LogP contribution in [0, 0.1) is 5.41 Å². The second kappa shape index (κ2) is 10.4. The van der Waals surface area contributed by atoms with Gasteiger partial charge in [-0.05, 0) is 62.9 Å². The maximum atomic E-state index is 13.2. The zero-order valence-electron chi connectivity index (χ0n) is 19.4. The van der Waals surface area contributed by atoms with Crippen molar-refractivity contribution in [2.24, 2.45) is 5.41 Å². The smallest absolute Gasteiger partial charge is 0.321 e. The van der Waals surface area contributed by atoms with E-state index in [2.05, 4.69) is 27.6 Å². The zero-order chi connectivity index (χ0) is 24.3. The molecule has 8 nitrogen and oxygen atoms in total. The molecule has 0 bridgehead atoms. The van der Waals surface area contributed by atoms with Crippen molar-refractivity contribution in [3.8, 4) is 5.75 Å². The van der Waals surface area contributed by atoms with E-state index in [4.69, 9.17) is 27.9 Å². The van der Waals surface area contributed by atoms with Gasteiger partial charge in [-0.1, -0.05) is 23.2 Å². The summed E-state index contributed by atoms with van der Waals surface area (Å²) in [6.45, 7) is 3.56. The molecular weight excluding hydrogens is 477 g/mol. The van der Waals surface area contributed by atoms with Crippen LogP contribution in [0.1, 0.15) is 36.0 Å². The Hall–Kier alpha value is -2.55. The number of carbonyl (C=O) groups excluding carboxylic acids is 2. The molecule has 2 aliphatic rings. The Labute approximate surface area is 209 Å². The molecule has 2 saturated heterocycles. The number of nitrogens with one attached hydrogen (secondary N) is 2. The van der Waals surface area contributed by atoms with Gasteiger partial charge in [-0.3, -0.25) is 4.79 Å². The van der Waals surface area contributed by atoms with Crippen LogP contribution in [0.2, 0.25) is 10.0 Å². The predicted octanol–water partition coefficient (Wildman–Crippen LogP) is 4.99. The lowest BCUT2D eigenvalue weighted by Gasteiger charge is -2.46. The van der Waals surface area contributed by atoms with E-state index < -0.39 is 5.91 Å². The Morgan fingerprint density at radius 2 is 1.82 bits per heavy atom. The fourth-order valence-corrected chi connectivity index (χ4v) is 5.24. The van der Waals surface area contributed by atoms with Crippen LogP contribution in [0.3, 0.4) is 0 Å². The molecule has 3 heterocycles. The Morgan fingerprint density at radius 1 is 1.06 bits per heavy atom. The first-order valence-corrected chi connectivity index (χ1v) is 12.1. The van der Waals surface area contributed by atoms with Gasteiger partial charge in [0.15, 0.2) is 0 Å². The van der Waals surface area contributed by atoms with E-state index in [1.807, 2.05) is 0 Å². The lowest BCUT2D eigenvalue weighted by atomic mass is 9.72. The van der Waals surface area contributed by atoms with Crippen LogP contribution in [0.15, 0.2) is 30.5 Å². The molecule has 34 heavy (non-hydrogen) atoms. The molecule has 10 heteroatoms. The number of methoxy groups -OCH3 is 1. The molecule has 1 spiro atoms. The van der Waals surface area contributed by atoms with Crippen LogP contribution in [0.5, 0.6) is 5.75 Å². The van der Waals surface area contributed by atoms with Crippen LogP contribution in [-0.2, 0) is 0 Å². The zero-order valence-corrected chi connectivity index (χ0v) is 20.9. The number of likely N-dealkylation sites (tertiary alicyclic amines) is 2. The molecular formula is C24H29Cl2N5O3. The molecule has 2 fully saturated rings. The number of ether oxygens (including phenoxy) is 1. The van der Waals surface area contributed by atoms with Gasteiger partial charge in [0.25, 0.3) is 5.91 Å². The van der Waals surface area contributed by atoms with Gasteiger partial charge in [-0.2, -0.15) is 0 Å². The molecule has 1 aromatic heterocycles. The van der Waals surface area contributed by atoms with E-state index in [0.717, 1.165) is 25.9 Å². The van der Waals surface area contributed by atoms with Crippen molar-refractivity contribution in [3.05, 3.63) is 46.1 Å². The molecule has 1 aromatic carbocycles. The van der Waals surface area contributed by atoms with Crippen LogP contribution < -0.4 is 15.4 Å². The molecule has 2 aromatic rings. The van der Waals surface area contributed by atoms with Crippen LogP contribution >= 0.6 is 23.2 Å². The van der Waals surface area contributed by atoms with Gasteiger partial charge in [-0.15, -0.1) is 0 Å². The first-order valence-electron chi connectivity index (χ1n) is 11.3. The third-order valence-electron chi connectivity index (χ3n) is 6.70. The van der Waals surface area contributed by atoms with E-state index >= 15 is 0 Å². The lowest BCUT2D eigenvalue weighted by Crippen LogP contribution is -2.50. The Balaban J connectivity index is 1.50. The summed E-state index contributed by atoms with van der Waals surface area (Å²) in [6.07, 6.45) is 5.79. The van der Waals surface area contributed by atoms with E-state index in [0.29, 0.717) is 40.1 Å². The van der Waals surface area contributed by atoms with Crippen LogP contribution in [0.25, 0.3) is 0 Å². The quantitative estimate of drug-likeness (QED) is 0.611. The summed E-state index contributed by atoms with van der Waals surface area (Å²) in [5.41, 5.74) is 0.733. The molecule has 4 rings (SSSR count). The Morgan fingerprint density at radius 3 is 2.47 bits per heavy atom. The third kappa shape index (κ3) is 5.56.